The molecule has 112 valence electrons. The van der Waals surface area contributed by atoms with E-state index in [-0.39, 0.29) is 0 Å². The van der Waals surface area contributed by atoms with E-state index in [1.807, 2.05) is 55.9 Å². The van der Waals surface area contributed by atoms with Gasteiger partial charge in [-0.15, -0.1) is 0 Å². The van der Waals surface area contributed by atoms with Crippen molar-refractivity contribution in [3.63, 3.8) is 0 Å². The highest BCUT2D eigenvalue weighted by Crippen LogP contribution is 2.30. The van der Waals surface area contributed by atoms with Gasteiger partial charge in [0.15, 0.2) is 0 Å². The zero-order valence-corrected chi connectivity index (χ0v) is 12.8. The molecule has 1 aliphatic heterocycles. The van der Waals surface area contributed by atoms with Crippen molar-refractivity contribution < 1.29 is 14.3 Å². The summed E-state index contributed by atoms with van der Waals surface area (Å²) < 4.78 is 6.79. The molecule has 0 saturated carbocycles. The van der Waals surface area contributed by atoms with Crippen LogP contribution in [-0.4, -0.2) is 16.5 Å². The summed E-state index contributed by atoms with van der Waals surface area (Å²) in [6, 6.07) is 7.94. The van der Waals surface area contributed by atoms with Crippen molar-refractivity contribution in [2.24, 2.45) is 7.05 Å². The normalized spacial score (nSPS) is 19.1. The Morgan fingerprint density at radius 2 is 1.95 bits per heavy atom. The first-order valence-corrected chi connectivity index (χ1v) is 7.25. The number of hydrogen-bond acceptors (Lipinski definition) is 3. The summed E-state index contributed by atoms with van der Waals surface area (Å²) >= 11 is 0. The maximum absolute atomic E-state index is 12.0. The molecule has 0 spiro atoms. The lowest BCUT2D eigenvalue weighted by atomic mass is 9.99. The maximum Gasteiger partial charge on any atom is 0.346 e. The average molecular weight is 295 g/mol. The lowest BCUT2D eigenvalue weighted by molar-refractivity contribution is -0.149. The summed E-state index contributed by atoms with van der Waals surface area (Å²) in [4.78, 5) is 23.9. The second-order valence-electron chi connectivity index (χ2n) is 5.46. The van der Waals surface area contributed by atoms with Crippen LogP contribution in [0.25, 0.3) is 17.0 Å². The fourth-order valence-corrected chi connectivity index (χ4v) is 2.76. The van der Waals surface area contributed by atoms with E-state index in [9.17, 15) is 9.59 Å². The van der Waals surface area contributed by atoms with Gasteiger partial charge in [-0.1, -0.05) is 30.7 Å². The number of aryl methyl sites for hydroxylation is 1. The summed E-state index contributed by atoms with van der Waals surface area (Å²) in [5.41, 5.74) is 3.59. The zero-order chi connectivity index (χ0) is 15.9. The minimum atomic E-state index is -0.569. The Kier molecular flexibility index (Phi) is 3.45. The molecular weight excluding hydrogens is 278 g/mol. The number of allylic oxidation sites excluding steroid dienone is 1. The highest BCUT2D eigenvalue weighted by molar-refractivity contribution is 6.21. The van der Waals surface area contributed by atoms with Crippen LogP contribution < -0.4 is 0 Å². The number of carbonyl (C=O) groups is 2. The van der Waals surface area contributed by atoms with Crippen molar-refractivity contribution in [1.82, 2.24) is 4.57 Å². The molecule has 1 saturated heterocycles. The predicted octanol–water partition coefficient (Wildman–Crippen LogP) is 3.37. The van der Waals surface area contributed by atoms with Crippen LogP contribution in [0.1, 0.15) is 25.8 Å². The highest BCUT2D eigenvalue weighted by atomic mass is 16.6. The van der Waals surface area contributed by atoms with E-state index in [0.29, 0.717) is 17.6 Å². The number of benzene rings is 1. The fraction of sp³-hybridized carbons (Fsp3) is 0.222. The lowest BCUT2D eigenvalue weighted by Crippen LogP contribution is -1.98. The molecule has 2 heterocycles. The van der Waals surface area contributed by atoms with Crippen molar-refractivity contribution in [2.75, 3.05) is 0 Å². The first kappa shape index (κ1) is 14.3. The molecule has 3 rings (SSSR count). The summed E-state index contributed by atoms with van der Waals surface area (Å²) in [5, 5.41) is 1.04. The van der Waals surface area contributed by atoms with Crippen LogP contribution in [0.15, 0.2) is 47.2 Å². The molecule has 0 unspecified atom stereocenters. The van der Waals surface area contributed by atoms with Gasteiger partial charge in [0.25, 0.3) is 0 Å². The molecule has 0 aliphatic carbocycles. The van der Waals surface area contributed by atoms with Crippen molar-refractivity contribution in [1.29, 1.82) is 0 Å². The maximum atomic E-state index is 12.0. The van der Waals surface area contributed by atoms with Crippen LogP contribution in [0.3, 0.4) is 0 Å². The first-order valence-electron chi connectivity index (χ1n) is 7.25. The number of rotatable bonds is 2. The average Bonchev–Trinajstić information content (AvgIpc) is 2.97. The van der Waals surface area contributed by atoms with Gasteiger partial charge in [0.1, 0.15) is 0 Å². The van der Waals surface area contributed by atoms with Gasteiger partial charge in [0, 0.05) is 29.7 Å². The number of carbonyl (C=O) groups excluding carboxylic acids is 2. The molecule has 0 N–H and O–H groups in total. The van der Waals surface area contributed by atoms with Gasteiger partial charge >= 0.3 is 11.9 Å². The van der Waals surface area contributed by atoms with Crippen molar-refractivity contribution in [3.05, 3.63) is 52.7 Å². The quantitative estimate of drug-likeness (QED) is 0.485. The second-order valence-corrected chi connectivity index (χ2v) is 5.46. The topological polar surface area (TPSA) is 48.3 Å². The molecule has 0 atom stereocenters. The van der Waals surface area contributed by atoms with Gasteiger partial charge < -0.3 is 9.30 Å². The monoisotopic (exact) mass is 295 g/mol. The molecule has 1 fully saturated rings. The summed E-state index contributed by atoms with van der Waals surface area (Å²) in [5.74, 6) is -1.11. The van der Waals surface area contributed by atoms with Gasteiger partial charge in [-0.05, 0) is 25.5 Å². The molecule has 2 aromatic rings. The van der Waals surface area contributed by atoms with Crippen molar-refractivity contribution >= 4 is 28.9 Å². The Bertz CT molecular complexity index is 852. The lowest BCUT2D eigenvalue weighted by Gasteiger charge is -2.00. The molecule has 1 aromatic carbocycles. The van der Waals surface area contributed by atoms with E-state index in [1.165, 1.54) is 0 Å². The number of nitrogens with zero attached hydrogens (tertiary/aromatic N) is 1. The van der Waals surface area contributed by atoms with E-state index in [0.717, 1.165) is 22.0 Å². The van der Waals surface area contributed by atoms with Crippen molar-refractivity contribution in [2.45, 2.75) is 20.3 Å². The van der Waals surface area contributed by atoms with E-state index in [2.05, 4.69) is 0 Å². The number of esters is 2. The number of cyclic esters (lactones) is 2. The third-order valence-electron chi connectivity index (χ3n) is 4.06. The number of hydrogen-bond donors (Lipinski definition) is 0. The van der Waals surface area contributed by atoms with Gasteiger partial charge in [-0.25, -0.2) is 9.59 Å². The van der Waals surface area contributed by atoms with Crippen LogP contribution in [0.4, 0.5) is 0 Å². The van der Waals surface area contributed by atoms with Gasteiger partial charge in [0.05, 0.1) is 11.1 Å². The summed E-state index contributed by atoms with van der Waals surface area (Å²) in [7, 11) is 1.95. The number of para-hydroxylation sites is 1. The molecule has 22 heavy (non-hydrogen) atoms. The molecule has 1 aromatic heterocycles. The van der Waals surface area contributed by atoms with E-state index in [1.54, 1.807) is 6.08 Å². The Hall–Kier alpha value is -2.62. The third-order valence-corrected chi connectivity index (χ3v) is 4.06. The van der Waals surface area contributed by atoms with Gasteiger partial charge in [-0.3, -0.25) is 0 Å². The smallest absolute Gasteiger partial charge is 0.346 e. The standard InChI is InChI=1S/C18H17NO3/c1-4-11(2)16-14(17(20)22-18(16)21)9-12-10-19(3)15-8-6-5-7-13(12)15/h5-10H,4H2,1-3H3/b14-9-,16-11-. The van der Waals surface area contributed by atoms with E-state index < -0.39 is 11.9 Å². The second kappa shape index (κ2) is 5.30. The minimum Gasteiger partial charge on any atom is -0.386 e. The molecule has 0 radical (unpaired) electrons. The molecular formula is C18H17NO3. The van der Waals surface area contributed by atoms with Crippen LogP contribution in [0.5, 0.6) is 0 Å². The number of ether oxygens (including phenoxy) is 1. The Morgan fingerprint density at radius 3 is 2.68 bits per heavy atom. The van der Waals surface area contributed by atoms with E-state index in [4.69, 9.17) is 4.74 Å². The Labute approximate surface area is 128 Å². The van der Waals surface area contributed by atoms with Crippen molar-refractivity contribution in [3.8, 4) is 0 Å². The predicted molar refractivity (Wildman–Crippen MR) is 85.0 cm³/mol. The Morgan fingerprint density at radius 1 is 1.23 bits per heavy atom. The van der Waals surface area contributed by atoms with Gasteiger partial charge in [0.2, 0.25) is 0 Å². The van der Waals surface area contributed by atoms with Crippen LogP contribution in [0, 0.1) is 0 Å². The van der Waals surface area contributed by atoms with Crippen LogP contribution in [-0.2, 0) is 21.4 Å². The summed E-state index contributed by atoms with van der Waals surface area (Å²) in [6.07, 6.45) is 4.40. The molecule has 4 heteroatoms. The SMILES string of the molecule is CC/C(C)=C1\C(=O)OC(=O)\C1=C/c1cn(C)c2ccccc12. The van der Waals surface area contributed by atoms with Crippen LogP contribution in [0.2, 0.25) is 0 Å². The number of fused-ring (bicyclic) bond motifs is 1. The molecule has 1 aliphatic rings. The summed E-state index contributed by atoms with van der Waals surface area (Å²) in [6.45, 7) is 3.81. The van der Waals surface area contributed by atoms with Crippen LogP contribution >= 0.6 is 0 Å². The van der Waals surface area contributed by atoms with E-state index >= 15 is 0 Å². The fourth-order valence-electron chi connectivity index (χ4n) is 2.76. The number of aromatic nitrogens is 1. The Balaban J connectivity index is 2.21. The first-order chi connectivity index (χ1) is 10.5. The molecule has 0 bridgehead atoms. The third kappa shape index (κ3) is 2.17. The largest absolute Gasteiger partial charge is 0.386 e. The highest BCUT2D eigenvalue weighted by Gasteiger charge is 2.34. The van der Waals surface area contributed by atoms with Gasteiger partial charge in [-0.2, -0.15) is 0 Å². The zero-order valence-electron chi connectivity index (χ0n) is 12.8. The molecule has 4 nitrogen and oxygen atoms in total. The minimum absolute atomic E-state index is 0.348. The molecule has 0 amide bonds.